The number of aromatic nitrogens is 2. The summed E-state index contributed by atoms with van der Waals surface area (Å²) >= 11 is 1.51. The van der Waals surface area contributed by atoms with Crippen LogP contribution in [0.5, 0.6) is 0 Å². The van der Waals surface area contributed by atoms with Gasteiger partial charge in [0.15, 0.2) is 0 Å². The van der Waals surface area contributed by atoms with Crippen molar-refractivity contribution in [3.8, 4) is 11.1 Å². The molecule has 3 aromatic rings. The summed E-state index contributed by atoms with van der Waals surface area (Å²) in [5.41, 5.74) is 7.69. The van der Waals surface area contributed by atoms with E-state index in [9.17, 15) is 9.59 Å². The largest absolute Gasteiger partial charge is 0.368 e. The maximum Gasteiger partial charge on any atom is 0.260 e. The Morgan fingerprint density at radius 3 is 2.52 bits per heavy atom. The van der Waals surface area contributed by atoms with Crippen molar-refractivity contribution in [3.63, 3.8) is 0 Å². The standard InChI is InChI=1S/C22H28N4O2S/c1-12(2)10-22(5,21(23)28)24-11-16-25-19(27)18-17(14(4)29-20(18)26-16)15-8-6-13(3)7-9-15/h6-9,12,24H,10-11H2,1-5H3,(H2,23,28)(H,25,26,27). The number of benzene rings is 1. The van der Waals surface area contributed by atoms with Crippen LogP contribution < -0.4 is 16.6 Å². The van der Waals surface area contributed by atoms with Crippen LogP contribution in [0.1, 0.15) is 43.5 Å². The number of aryl methyl sites for hydroxylation is 2. The van der Waals surface area contributed by atoms with Crippen LogP contribution in [0.3, 0.4) is 0 Å². The van der Waals surface area contributed by atoms with E-state index in [2.05, 4.69) is 15.3 Å². The Hall–Kier alpha value is -2.51. The molecule has 1 amide bonds. The molecular formula is C22H28N4O2S. The lowest BCUT2D eigenvalue weighted by atomic mass is 9.90. The number of rotatable bonds is 7. The second kappa shape index (κ2) is 8.08. The quantitative estimate of drug-likeness (QED) is 0.551. The number of aromatic amines is 1. The highest BCUT2D eigenvalue weighted by Gasteiger charge is 2.31. The van der Waals surface area contributed by atoms with E-state index in [1.807, 2.05) is 52.0 Å². The number of fused-ring (bicyclic) bond motifs is 1. The first-order valence-corrected chi connectivity index (χ1v) is 10.6. The molecule has 2 heterocycles. The van der Waals surface area contributed by atoms with Crippen molar-refractivity contribution < 1.29 is 4.79 Å². The maximum absolute atomic E-state index is 12.9. The van der Waals surface area contributed by atoms with Crippen LogP contribution in [0.4, 0.5) is 0 Å². The van der Waals surface area contributed by atoms with Gasteiger partial charge in [-0.1, -0.05) is 43.7 Å². The molecule has 1 aromatic carbocycles. The zero-order chi connectivity index (χ0) is 21.3. The molecule has 29 heavy (non-hydrogen) atoms. The zero-order valence-electron chi connectivity index (χ0n) is 17.6. The molecule has 0 aliphatic carbocycles. The van der Waals surface area contributed by atoms with Gasteiger partial charge in [0.1, 0.15) is 10.7 Å². The van der Waals surface area contributed by atoms with E-state index in [4.69, 9.17) is 5.73 Å². The summed E-state index contributed by atoms with van der Waals surface area (Å²) in [6.07, 6.45) is 0.602. The first kappa shape index (κ1) is 21.2. The third-order valence-electron chi connectivity index (χ3n) is 5.13. The molecule has 7 heteroatoms. The Bertz CT molecular complexity index is 1100. The second-order valence-corrected chi connectivity index (χ2v) is 9.44. The number of carbonyl (C=O) groups is 1. The summed E-state index contributed by atoms with van der Waals surface area (Å²) in [4.78, 5) is 34.1. The van der Waals surface area contributed by atoms with Gasteiger partial charge in [-0.3, -0.25) is 14.9 Å². The van der Waals surface area contributed by atoms with Crippen LogP contribution in [-0.4, -0.2) is 21.4 Å². The molecule has 0 radical (unpaired) electrons. The Labute approximate surface area is 174 Å². The lowest BCUT2D eigenvalue weighted by molar-refractivity contribution is -0.124. The number of hydrogen-bond acceptors (Lipinski definition) is 5. The van der Waals surface area contributed by atoms with E-state index in [1.165, 1.54) is 16.9 Å². The van der Waals surface area contributed by atoms with Crippen molar-refractivity contribution in [1.29, 1.82) is 0 Å². The number of hydrogen-bond donors (Lipinski definition) is 3. The smallest absolute Gasteiger partial charge is 0.260 e. The van der Waals surface area contributed by atoms with Crippen molar-refractivity contribution in [2.24, 2.45) is 11.7 Å². The summed E-state index contributed by atoms with van der Waals surface area (Å²) in [5, 5.41) is 3.80. The number of carbonyl (C=O) groups excluding carboxylic acids is 1. The minimum Gasteiger partial charge on any atom is -0.368 e. The third-order valence-corrected chi connectivity index (χ3v) is 6.13. The summed E-state index contributed by atoms with van der Waals surface area (Å²) in [6, 6.07) is 8.14. The fourth-order valence-electron chi connectivity index (χ4n) is 3.67. The van der Waals surface area contributed by atoms with Crippen molar-refractivity contribution in [1.82, 2.24) is 15.3 Å². The number of nitrogens with zero attached hydrogens (tertiary/aromatic N) is 1. The van der Waals surface area contributed by atoms with Crippen LogP contribution in [-0.2, 0) is 11.3 Å². The van der Waals surface area contributed by atoms with Crippen LogP contribution in [0.15, 0.2) is 29.1 Å². The van der Waals surface area contributed by atoms with E-state index < -0.39 is 11.4 Å². The lowest BCUT2D eigenvalue weighted by Crippen LogP contribution is -2.53. The van der Waals surface area contributed by atoms with Gasteiger partial charge in [0.2, 0.25) is 5.91 Å². The SMILES string of the molecule is Cc1ccc(-c2c(C)sc3nc(CNC(C)(CC(C)C)C(N)=O)[nH]c(=O)c23)cc1. The fraction of sp³-hybridized carbons (Fsp3) is 0.409. The molecule has 0 saturated carbocycles. The highest BCUT2D eigenvalue weighted by molar-refractivity contribution is 7.19. The first-order chi connectivity index (χ1) is 13.6. The molecule has 1 unspecified atom stereocenters. The van der Waals surface area contributed by atoms with E-state index >= 15 is 0 Å². The Morgan fingerprint density at radius 2 is 1.93 bits per heavy atom. The highest BCUT2D eigenvalue weighted by atomic mass is 32.1. The molecular weight excluding hydrogens is 384 g/mol. The Morgan fingerprint density at radius 1 is 1.28 bits per heavy atom. The van der Waals surface area contributed by atoms with Crippen molar-refractivity contribution in [2.75, 3.05) is 0 Å². The number of primary amides is 1. The number of nitrogens with two attached hydrogens (primary N) is 1. The predicted octanol–water partition coefficient (Wildman–Crippen LogP) is 3.65. The molecule has 0 aliphatic rings. The molecule has 0 bridgehead atoms. The fourth-order valence-corrected chi connectivity index (χ4v) is 4.73. The van der Waals surface area contributed by atoms with Crippen molar-refractivity contribution >= 4 is 27.5 Å². The van der Waals surface area contributed by atoms with Gasteiger partial charge in [0, 0.05) is 10.4 Å². The van der Waals surface area contributed by atoms with Gasteiger partial charge in [-0.15, -0.1) is 11.3 Å². The van der Waals surface area contributed by atoms with E-state index in [0.29, 0.717) is 28.4 Å². The summed E-state index contributed by atoms with van der Waals surface area (Å²) in [6.45, 7) is 10.2. The first-order valence-electron chi connectivity index (χ1n) is 9.75. The minimum atomic E-state index is -0.861. The van der Waals surface area contributed by atoms with Crippen LogP contribution in [0, 0.1) is 19.8 Å². The number of H-pyrrole nitrogens is 1. The van der Waals surface area contributed by atoms with Gasteiger partial charge in [-0.25, -0.2) is 4.98 Å². The number of thiophene rings is 1. The number of nitrogens with one attached hydrogen (secondary N) is 2. The predicted molar refractivity (Wildman–Crippen MR) is 119 cm³/mol. The monoisotopic (exact) mass is 412 g/mol. The molecule has 4 N–H and O–H groups in total. The molecule has 3 rings (SSSR count). The lowest BCUT2D eigenvalue weighted by Gasteiger charge is -2.29. The number of amides is 1. The Balaban J connectivity index is 1.96. The van der Waals surface area contributed by atoms with Gasteiger partial charge in [-0.05, 0) is 38.7 Å². The van der Waals surface area contributed by atoms with Gasteiger partial charge in [0.25, 0.3) is 5.56 Å². The van der Waals surface area contributed by atoms with Gasteiger partial charge in [-0.2, -0.15) is 0 Å². The second-order valence-electron chi connectivity index (χ2n) is 8.24. The molecule has 2 aromatic heterocycles. The van der Waals surface area contributed by atoms with Crippen molar-refractivity contribution in [2.45, 2.75) is 53.1 Å². The van der Waals surface area contributed by atoms with Gasteiger partial charge in [0.05, 0.1) is 17.5 Å². The molecule has 0 saturated heterocycles. The van der Waals surface area contributed by atoms with Gasteiger partial charge < -0.3 is 10.7 Å². The van der Waals surface area contributed by atoms with E-state index in [1.54, 1.807) is 6.92 Å². The highest BCUT2D eigenvalue weighted by Crippen LogP contribution is 2.35. The molecule has 0 spiro atoms. The average Bonchev–Trinajstić information content (AvgIpc) is 2.96. The Kier molecular flexibility index (Phi) is 5.91. The minimum absolute atomic E-state index is 0.170. The average molecular weight is 413 g/mol. The van der Waals surface area contributed by atoms with E-state index in [0.717, 1.165) is 16.0 Å². The summed E-state index contributed by atoms with van der Waals surface area (Å²) in [5.74, 6) is 0.380. The zero-order valence-corrected chi connectivity index (χ0v) is 18.4. The maximum atomic E-state index is 12.9. The molecule has 154 valence electrons. The normalized spacial score (nSPS) is 13.7. The molecule has 0 fully saturated rings. The molecule has 1 atom stereocenters. The van der Waals surface area contributed by atoms with Crippen LogP contribution >= 0.6 is 11.3 Å². The van der Waals surface area contributed by atoms with Crippen molar-refractivity contribution in [3.05, 3.63) is 50.9 Å². The molecule has 6 nitrogen and oxygen atoms in total. The summed E-state index contributed by atoms with van der Waals surface area (Å²) in [7, 11) is 0. The van der Waals surface area contributed by atoms with E-state index in [-0.39, 0.29) is 12.1 Å². The summed E-state index contributed by atoms with van der Waals surface area (Å²) < 4.78 is 0. The topological polar surface area (TPSA) is 101 Å². The molecule has 0 aliphatic heterocycles. The van der Waals surface area contributed by atoms with Crippen LogP contribution in [0.2, 0.25) is 0 Å². The van der Waals surface area contributed by atoms with Gasteiger partial charge >= 0.3 is 0 Å². The van der Waals surface area contributed by atoms with Crippen LogP contribution in [0.25, 0.3) is 21.3 Å². The third kappa shape index (κ3) is 4.41.